The second kappa shape index (κ2) is 7.78. The standard InChI is InChI=1S/C15H24N2.ClH/c1-3-14-4-6-15(7-5-14)8-10-17-11-9-16-12-13(17)2;/h4-7,13,16H,3,8-12H2,1-2H3;1H/t13-;/m0./s1. The Labute approximate surface area is 117 Å². The molecule has 18 heavy (non-hydrogen) atoms. The lowest BCUT2D eigenvalue weighted by molar-refractivity contribution is 0.176. The van der Waals surface area contributed by atoms with E-state index < -0.39 is 0 Å². The number of nitrogens with zero attached hydrogens (tertiary/aromatic N) is 1. The van der Waals surface area contributed by atoms with Crippen LogP contribution in [0.25, 0.3) is 0 Å². The fraction of sp³-hybridized carbons (Fsp3) is 0.600. The van der Waals surface area contributed by atoms with E-state index in [0.717, 1.165) is 19.5 Å². The maximum absolute atomic E-state index is 3.44. The molecule has 0 radical (unpaired) electrons. The minimum absolute atomic E-state index is 0. The summed E-state index contributed by atoms with van der Waals surface area (Å²) < 4.78 is 0. The van der Waals surface area contributed by atoms with E-state index >= 15 is 0 Å². The van der Waals surface area contributed by atoms with E-state index in [1.165, 1.54) is 30.6 Å². The minimum Gasteiger partial charge on any atom is -0.314 e. The maximum Gasteiger partial charge on any atom is 0.0193 e. The van der Waals surface area contributed by atoms with E-state index in [1.807, 2.05) is 0 Å². The first-order valence-electron chi connectivity index (χ1n) is 6.82. The molecule has 0 spiro atoms. The number of halogens is 1. The number of hydrogen-bond donors (Lipinski definition) is 1. The van der Waals surface area contributed by atoms with Crippen LogP contribution in [-0.2, 0) is 12.8 Å². The fourth-order valence-electron chi connectivity index (χ4n) is 2.43. The largest absolute Gasteiger partial charge is 0.314 e. The van der Waals surface area contributed by atoms with Crippen LogP contribution in [0, 0.1) is 0 Å². The third kappa shape index (κ3) is 4.27. The highest BCUT2D eigenvalue weighted by atomic mass is 35.5. The lowest BCUT2D eigenvalue weighted by Crippen LogP contribution is -2.50. The summed E-state index contributed by atoms with van der Waals surface area (Å²) >= 11 is 0. The third-order valence-electron chi connectivity index (χ3n) is 3.76. The molecule has 1 saturated heterocycles. The lowest BCUT2D eigenvalue weighted by atomic mass is 10.1. The van der Waals surface area contributed by atoms with E-state index in [1.54, 1.807) is 0 Å². The van der Waals surface area contributed by atoms with Crippen molar-refractivity contribution >= 4 is 12.4 Å². The van der Waals surface area contributed by atoms with Crippen LogP contribution in [0.5, 0.6) is 0 Å². The molecule has 1 aliphatic rings. The van der Waals surface area contributed by atoms with Crippen molar-refractivity contribution in [2.24, 2.45) is 0 Å². The van der Waals surface area contributed by atoms with Crippen LogP contribution in [0.2, 0.25) is 0 Å². The van der Waals surface area contributed by atoms with Crippen LogP contribution < -0.4 is 5.32 Å². The Balaban J connectivity index is 0.00000162. The molecule has 1 atom stereocenters. The van der Waals surface area contributed by atoms with Crippen LogP contribution in [-0.4, -0.2) is 37.1 Å². The van der Waals surface area contributed by atoms with E-state index in [-0.39, 0.29) is 12.4 Å². The van der Waals surface area contributed by atoms with Gasteiger partial charge in [-0.15, -0.1) is 12.4 Å². The molecule has 1 N–H and O–H groups in total. The number of aryl methyl sites for hydroxylation is 1. The van der Waals surface area contributed by atoms with Gasteiger partial charge in [0.15, 0.2) is 0 Å². The van der Waals surface area contributed by atoms with Gasteiger partial charge in [0.2, 0.25) is 0 Å². The first kappa shape index (κ1) is 15.5. The van der Waals surface area contributed by atoms with Crippen molar-refractivity contribution in [3.63, 3.8) is 0 Å². The number of benzene rings is 1. The Bertz CT molecular complexity index is 337. The van der Waals surface area contributed by atoms with Gasteiger partial charge in [-0.25, -0.2) is 0 Å². The van der Waals surface area contributed by atoms with E-state index in [0.29, 0.717) is 6.04 Å². The van der Waals surface area contributed by atoms with Crippen LogP contribution in [0.3, 0.4) is 0 Å². The zero-order valence-electron chi connectivity index (χ0n) is 11.5. The third-order valence-corrected chi connectivity index (χ3v) is 3.76. The average molecular weight is 269 g/mol. The second-order valence-corrected chi connectivity index (χ2v) is 5.01. The maximum atomic E-state index is 3.44. The van der Waals surface area contributed by atoms with Crippen molar-refractivity contribution in [1.29, 1.82) is 0 Å². The van der Waals surface area contributed by atoms with Crippen LogP contribution in [0.4, 0.5) is 0 Å². The number of rotatable bonds is 4. The van der Waals surface area contributed by atoms with Crippen LogP contribution in [0.15, 0.2) is 24.3 Å². The molecule has 0 saturated carbocycles. The molecule has 0 unspecified atom stereocenters. The molecule has 1 fully saturated rings. The molecule has 1 aliphatic heterocycles. The van der Waals surface area contributed by atoms with E-state index in [4.69, 9.17) is 0 Å². The van der Waals surface area contributed by atoms with Crippen molar-refractivity contribution in [1.82, 2.24) is 10.2 Å². The molecule has 2 nitrogen and oxygen atoms in total. The smallest absolute Gasteiger partial charge is 0.0193 e. The molecule has 1 aromatic rings. The quantitative estimate of drug-likeness (QED) is 0.903. The Morgan fingerprint density at radius 3 is 2.50 bits per heavy atom. The highest BCUT2D eigenvalue weighted by molar-refractivity contribution is 5.85. The van der Waals surface area contributed by atoms with Gasteiger partial charge in [-0.1, -0.05) is 31.2 Å². The molecule has 102 valence electrons. The number of hydrogen-bond acceptors (Lipinski definition) is 2. The first-order valence-corrected chi connectivity index (χ1v) is 6.82. The van der Waals surface area contributed by atoms with E-state index in [9.17, 15) is 0 Å². The monoisotopic (exact) mass is 268 g/mol. The summed E-state index contributed by atoms with van der Waals surface area (Å²) in [5, 5.41) is 3.44. The summed E-state index contributed by atoms with van der Waals surface area (Å²) in [6.45, 7) is 9.17. The molecule has 3 heteroatoms. The Morgan fingerprint density at radius 1 is 1.22 bits per heavy atom. The molecular weight excluding hydrogens is 244 g/mol. The molecule has 0 aromatic heterocycles. The molecule has 0 bridgehead atoms. The minimum atomic E-state index is 0. The second-order valence-electron chi connectivity index (χ2n) is 5.01. The average Bonchev–Trinajstić information content (AvgIpc) is 2.38. The van der Waals surface area contributed by atoms with Crippen molar-refractivity contribution in [3.05, 3.63) is 35.4 Å². The summed E-state index contributed by atoms with van der Waals surface area (Å²) in [6.07, 6.45) is 2.31. The van der Waals surface area contributed by atoms with Crippen molar-refractivity contribution in [2.45, 2.75) is 32.7 Å². The van der Waals surface area contributed by atoms with Gasteiger partial charge in [0, 0.05) is 32.2 Å². The van der Waals surface area contributed by atoms with Gasteiger partial charge in [0.25, 0.3) is 0 Å². The Morgan fingerprint density at radius 2 is 1.89 bits per heavy atom. The summed E-state index contributed by atoms with van der Waals surface area (Å²) in [5.74, 6) is 0. The predicted molar refractivity (Wildman–Crippen MR) is 80.7 cm³/mol. The van der Waals surface area contributed by atoms with Crippen LogP contribution >= 0.6 is 12.4 Å². The van der Waals surface area contributed by atoms with Crippen molar-refractivity contribution in [2.75, 3.05) is 26.2 Å². The van der Waals surface area contributed by atoms with Crippen molar-refractivity contribution < 1.29 is 0 Å². The summed E-state index contributed by atoms with van der Waals surface area (Å²) in [6, 6.07) is 9.77. The van der Waals surface area contributed by atoms with Gasteiger partial charge in [-0.3, -0.25) is 4.90 Å². The zero-order valence-corrected chi connectivity index (χ0v) is 12.3. The highest BCUT2D eigenvalue weighted by Gasteiger charge is 2.16. The Hall–Kier alpha value is -0.570. The summed E-state index contributed by atoms with van der Waals surface area (Å²) in [4.78, 5) is 2.59. The zero-order chi connectivity index (χ0) is 12.1. The van der Waals surface area contributed by atoms with Gasteiger partial charge in [-0.2, -0.15) is 0 Å². The van der Waals surface area contributed by atoms with E-state index in [2.05, 4.69) is 48.3 Å². The summed E-state index contributed by atoms with van der Waals surface area (Å²) in [7, 11) is 0. The molecule has 1 aromatic carbocycles. The number of nitrogens with one attached hydrogen (secondary N) is 1. The SMILES string of the molecule is CCc1ccc(CCN2CCNC[C@@H]2C)cc1.Cl. The molecule has 0 amide bonds. The summed E-state index contributed by atoms with van der Waals surface area (Å²) in [5.41, 5.74) is 2.90. The van der Waals surface area contributed by atoms with Gasteiger partial charge >= 0.3 is 0 Å². The van der Waals surface area contributed by atoms with Gasteiger partial charge < -0.3 is 5.32 Å². The highest BCUT2D eigenvalue weighted by Crippen LogP contribution is 2.08. The molecule has 2 rings (SSSR count). The molecule has 1 heterocycles. The van der Waals surface area contributed by atoms with Gasteiger partial charge in [-0.05, 0) is 30.9 Å². The predicted octanol–water partition coefficient (Wildman–Crippen LogP) is 2.51. The fourth-order valence-corrected chi connectivity index (χ4v) is 2.43. The molecular formula is C15H25ClN2. The topological polar surface area (TPSA) is 15.3 Å². The lowest BCUT2D eigenvalue weighted by Gasteiger charge is -2.33. The van der Waals surface area contributed by atoms with Crippen molar-refractivity contribution in [3.8, 4) is 0 Å². The molecule has 0 aliphatic carbocycles. The first-order chi connectivity index (χ1) is 8.29. The Kier molecular flexibility index (Phi) is 6.69. The normalized spacial score (nSPS) is 20.4. The van der Waals surface area contributed by atoms with Gasteiger partial charge in [0.1, 0.15) is 0 Å². The number of piperazine rings is 1. The van der Waals surface area contributed by atoms with Crippen LogP contribution in [0.1, 0.15) is 25.0 Å². The van der Waals surface area contributed by atoms with Gasteiger partial charge in [0.05, 0.1) is 0 Å².